The van der Waals surface area contributed by atoms with Crippen LogP contribution < -0.4 is 24.8 Å². The highest BCUT2D eigenvalue weighted by atomic mass is 127. The number of hydrogen-bond donors (Lipinski definition) is 2. The van der Waals surface area contributed by atoms with Crippen molar-refractivity contribution in [3.05, 3.63) is 42.7 Å². The fraction of sp³-hybridized carbons (Fsp3) is 0.389. The van der Waals surface area contributed by atoms with Crippen molar-refractivity contribution >= 4 is 29.9 Å². The number of hydrogen-bond acceptors (Lipinski definition) is 4. The Bertz CT molecular complexity index is 692. The summed E-state index contributed by atoms with van der Waals surface area (Å²) in [6.07, 6.45) is 4.07. The van der Waals surface area contributed by atoms with Gasteiger partial charge in [0, 0.05) is 31.5 Å². The third kappa shape index (κ3) is 6.01. The van der Waals surface area contributed by atoms with Crippen molar-refractivity contribution < 1.29 is 14.2 Å². The lowest BCUT2D eigenvalue weighted by atomic mass is 10.3. The van der Waals surface area contributed by atoms with Gasteiger partial charge in [0.05, 0.1) is 13.1 Å². The number of nitrogens with zero attached hydrogens (tertiary/aromatic N) is 2. The molecule has 142 valence electrons. The zero-order chi connectivity index (χ0) is 17.3. The molecule has 0 aliphatic carbocycles. The molecule has 0 bridgehead atoms. The Kier molecular flexibility index (Phi) is 8.39. The number of benzene rings is 1. The van der Waals surface area contributed by atoms with E-state index in [0.717, 1.165) is 36.3 Å². The van der Waals surface area contributed by atoms with Crippen molar-refractivity contribution in [2.75, 3.05) is 33.0 Å². The second kappa shape index (κ2) is 10.8. The van der Waals surface area contributed by atoms with Crippen LogP contribution in [0.5, 0.6) is 17.2 Å². The largest absolute Gasteiger partial charge is 0.492 e. The number of aromatic nitrogens is 1. The minimum absolute atomic E-state index is 0. The number of rotatable bonds is 8. The van der Waals surface area contributed by atoms with Crippen LogP contribution in [-0.4, -0.2) is 43.6 Å². The molecule has 0 radical (unpaired) electrons. The number of ether oxygens (including phenoxy) is 3. The highest BCUT2D eigenvalue weighted by molar-refractivity contribution is 14.0. The van der Waals surface area contributed by atoms with Crippen molar-refractivity contribution in [2.45, 2.75) is 13.5 Å². The zero-order valence-electron chi connectivity index (χ0n) is 14.8. The zero-order valence-corrected chi connectivity index (χ0v) is 17.1. The topological polar surface area (TPSA) is 69.0 Å². The van der Waals surface area contributed by atoms with E-state index in [1.165, 1.54) is 0 Å². The third-order valence-electron chi connectivity index (χ3n) is 3.65. The smallest absolute Gasteiger partial charge is 0.231 e. The molecule has 1 aromatic carbocycles. The molecule has 1 aliphatic heterocycles. The molecule has 0 amide bonds. The molecule has 1 aliphatic rings. The van der Waals surface area contributed by atoms with E-state index in [1.807, 2.05) is 49.6 Å². The SMILES string of the molecule is CCNC(=NCCn1cccc1)NCCOc1ccc2c(c1)OCO2.I. The van der Waals surface area contributed by atoms with Crippen LogP contribution >= 0.6 is 24.0 Å². The molecule has 0 saturated carbocycles. The second-order valence-corrected chi connectivity index (χ2v) is 5.47. The van der Waals surface area contributed by atoms with Gasteiger partial charge in [-0.1, -0.05) is 0 Å². The number of nitrogens with one attached hydrogen (secondary N) is 2. The van der Waals surface area contributed by atoms with Crippen LogP contribution in [0.3, 0.4) is 0 Å². The molecule has 0 fully saturated rings. The minimum Gasteiger partial charge on any atom is -0.492 e. The van der Waals surface area contributed by atoms with Crippen molar-refractivity contribution in [3.8, 4) is 17.2 Å². The van der Waals surface area contributed by atoms with E-state index < -0.39 is 0 Å². The summed E-state index contributed by atoms with van der Waals surface area (Å²) in [6.45, 7) is 5.90. The quantitative estimate of drug-likeness (QED) is 0.268. The molecule has 2 N–H and O–H groups in total. The second-order valence-electron chi connectivity index (χ2n) is 5.47. The molecule has 3 rings (SSSR count). The molecule has 1 aromatic heterocycles. The van der Waals surface area contributed by atoms with Crippen LogP contribution in [0.25, 0.3) is 0 Å². The van der Waals surface area contributed by atoms with Crippen LogP contribution in [0, 0.1) is 0 Å². The van der Waals surface area contributed by atoms with E-state index in [9.17, 15) is 0 Å². The predicted octanol–water partition coefficient (Wildman–Crippen LogP) is 2.47. The van der Waals surface area contributed by atoms with Gasteiger partial charge in [0.2, 0.25) is 6.79 Å². The van der Waals surface area contributed by atoms with E-state index in [1.54, 1.807) is 0 Å². The van der Waals surface area contributed by atoms with Gasteiger partial charge in [0.1, 0.15) is 12.4 Å². The van der Waals surface area contributed by atoms with Crippen molar-refractivity contribution in [1.29, 1.82) is 0 Å². The fourth-order valence-electron chi connectivity index (χ4n) is 2.44. The maximum absolute atomic E-state index is 5.74. The summed E-state index contributed by atoms with van der Waals surface area (Å²) in [6, 6.07) is 9.61. The van der Waals surface area contributed by atoms with Gasteiger partial charge in [-0.25, -0.2) is 0 Å². The van der Waals surface area contributed by atoms with Crippen LogP contribution in [0.15, 0.2) is 47.7 Å². The Hall–Kier alpha value is -2.10. The molecule has 26 heavy (non-hydrogen) atoms. The summed E-state index contributed by atoms with van der Waals surface area (Å²) in [4.78, 5) is 4.56. The lowest BCUT2D eigenvalue weighted by Crippen LogP contribution is -2.39. The molecule has 2 heterocycles. The van der Waals surface area contributed by atoms with Gasteiger partial charge in [-0.05, 0) is 31.2 Å². The van der Waals surface area contributed by atoms with E-state index in [4.69, 9.17) is 14.2 Å². The lowest BCUT2D eigenvalue weighted by molar-refractivity contribution is 0.173. The number of aliphatic imine (C=N–C) groups is 1. The monoisotopic (exact) mass is 472 g/mol. The van der Waals surface area contributed by atoms with Gasteiger partial charge in [-0.2, -0.15) is 0 Å². The molecular formula is C18H25IN4O3. The number of guanidine groups is 1. The summed E-state index contributed by atoms with van der Waals surface area (Å²) in [7, 11) is 0. The Labute approximate surface area is 170 Å². The first-order valence-corrected chi connectivity index (χ1v) is 8.50. The van der Waals surface area contributed by atoms with E-state index in [2.05, 4.69) is 20.2 Å². The van der Waals surface area contributed by atoms with Crippen LogP contribution in [-0.2, 0) is 6.54 Å². The summed E-state index contributed by atoms with van der Waals surface area (Å²) in [5.74, 6) is 3.05. The maximum Gasteiger partial charge on any atom is 0.231 e. The summed E-state index contributed by atoms with van der Waals surface area (Å²) < 4.78 is 18.5. The molecular weight excluding hydrogens is 447 g/mol. The van der Waals surface area contributed by atoms with Crippen LogP contribution in [0.4, 0.5) is 0 Å². The van der Waals surface area contributed by atoms with Gasteiger partial charge in [-0.15, -0.1) is 24.0 Å². The molecule has 2 aromatic rings. The normalized spacial score (nSPS) is 12.4. The highest BCUT2D eigenvalue weighted by Gasteiger charge is 2.13. The average Bonchev–Trinajstić information content (AvgIpc) is 3.29. The van der Waals surface area contributed by atoms with Gasteiger partial charge in [0.25, 0.3) is 0 Å². The average molecular weight is 472 g/mol. The first-order valence-electron chi connectivity index (χ1n) is 8.50. The Balaban J connectivity index is 0.00000243. The predicted molar refractivity (Wildman–Crippen MR) is 112 cm³/mol. The Morgan fingerprint density at radius 2 is 2.00 bits per heavy atom. The van der Waals surface area contributed by atoms with E-state index >= 15 is 0 Å². The highest BCUT2D eigenvalue weighted by Crippen LogP contribution is 2.34. The molecule has 7 nitrogen and oxygen atoms in total. The van der Waals surface area contributed by atoms with Crippen molar-refractivity contribution in [1.82, 2.24) is 15.2 Å². The summed E-state index contributed by atoms with van der Waals surface area (Å²) >= 11 is 0. The summed E-state index contributed by atoms with van der Waals surface area (Å²) in [5.41, 5.74) is 0. The van der Waals surface area contributed by atoms with E-state index in [0.29, 0.717) is 19.7 Å². The first-order chi connectivity index (χ1) is 12.3. The Morgan fingerprint density at radius 3 is 2.81 bits per heavy atom. The molecule has 0 atom stereocenters. The number of fused-ring (bicyclic) bond motifs is 1. The van der Waals surface area contributed by atoms with Gasteiger partial charge in [0.15, 0.2) is 17.5 Å². The number of halogens is 1. The molecule has 8 heteroatoms. The van der Waals surface area contributed by atoms with Gasteiger partial charge >= 0.3 is 0 Å². The first kappa shape index (κ1) is 20.2. The Morgan fingerprint density at radius 1 is 1.19 bits per heavy atom. The van der Waals surface area contributed by atoms with Gasteiger partial charge < -0.3 is 29.4 Å². The molecule has 0 saturated heterocycles. The summed E-state index contributed by atoms with van der Waals surface area (Å²) in [5, 5.41) is 6.50. The maximum atomic E-state index is 5.74. The minimum atomic E-state index is 0. The third-order valence-corrected chi connectivity index (χ3v) is 3.65. The van der Waals surface area contributed by atoms with E-state index in [-0.39, 0.29) is 30.8 Å². The fourth-order valence-corrected chi connectivity index (χ4v) is 2.44. The van der Waals surface area contributed by atoms with Crippen molar-refractivity contribution in [3.63, 3.8) is 0 Å². The standard InChI is InChI=1S/C18H24N4O3.HI/c1-2-19-18(20-7-11-22-9-3-4-10-22)21-8-12-23-15-5-6-16-17(13-15)25-14-24-16;/h3-6,9-10,13H,2,7-8,11-12,14H2,1H3,(H2,19,20,21);1H. The van der Waals surface area contributed by atoms with Crippen LogP contribution in [0.2, 0.25) is 0 Å². The molecule has 0 spiro atoms. The molecule has 0 unspecified atom stereocenters. The lowest BCUT2D eigenvalue weighted by Gasteiger charge is -2.12. The van der Waals surface area contributed by atoms with Crippen molar-refractivity contribution in [2.24, 2.45) is 4.99 Å². The van der Waals surface area contributed by atoms with Gasteiger partial charge in [-0.3, -0.25) is 4.99 Å². The van der Waals surface area contributed by atoms with Crippen LogP contribution in [0.1, 0.15) is 6.92 Å².